The summed E-state index contributed by atoms with van der Waals surface area (Å²) in [5.74, 6) is -0.605. The number of nitrogens with zero attached hydrogens (tertiary/aromatic N) is 1. The van der Waals surface area contributed by atoms with Gasteiger partial charge in [0.15, 0.2) is 5.75 Å². The largest absolute Gasteiger partial charge is 0.493 e. The third-order valence-electron chi connectivity index (χ3n) is 4.90. The summed E-state index contributed by atoms with van der Waals surface area (Å²) in [7, 11) is -2.83. The van der Waals surface area contributed by atoms with E-state index < -0.39 is 21.3 Å². The van der Waals surface area contributed by atoms with Crippen LogP contribution in [0, 0.1) is 0 Å². The van der Waals surface area contributed by atoms with Gasteiger partial charge in [0.2, 0.25) is 5.75 Å². The third-order valence-corrected chi connectivity index (χ3v) is 7.58. The lowest BCUT2D eigenvalue weighted by atomic mass is 10.1. The number of rotatable bonds is 7. The van der Waals surface area contributed by atoms with Crippen molar-refractivity contribution in [1.29, 1.82) is 0 Å². The van der Waals surface area contributed by atoms with Gasteiger partial charge in [-0.15, -0.1) is 0 Å². The second-order valence-electron chi connectivity index (χ2n) is 7.28. The molecule has 1 saturated heterocycles. The normalized spacial score (nSPS) is 15.1. The predicted octanol–water partition coefficient (Wildman–Crippen LogP) is 6.01. The van der Waals surface area contributed by atoms with E-state index in [9.17, 15) is 18.0 Å². The molecule has 11 heteroatoms. The van der Waals surface area contributed by atoms with Crippen LogP contribution < -0.4 is 8.92 Å². The van der Waals surface area contributed by atoms with Gasteiger partial charge in [0.1, 0.15) is 4.90 Å². The van der Waals surface area contributed by atoms with Gasteiger partial charge in [-0.1, -0.05) is 53.5 Å². The molecule has 1 fully saturated rings. The molecule has 0 saturated carbocycles. The van der Waals surface area contributed by atoms with Crippen LogP contribution in [0.4, 0.5) is 4.79 Å². The van der Waals surface area contributed by atoms with Crippen LogP contribution in [-0.2, 0) is 21.5 Å². The van der Waals surface area contributed by atoms with Crippen molar-refractivity contribution in [2.24, 2.45) is 0 Å². The minimum absolute atomic E-state index is 0.0449. The lowest BCUT2D eigenvalue weighted by Crippen LogP contribution is -2.27. The van der Waals surface area contributed by atoms with Crippen LogP contribution in [-0.4, -0.2) is 31.6 Å². The van der Waals surface area contributed by atoms with Crippen LogP contribution in [0.2, 0.25) is 10.0 Å². The Hall–Kier alpha value is -2.98. The van der Waals surface area contributed by atoms with E-state index in [2.05, 4.69) is 0 Å². The molecule has 1 heterocycles. The van der Waals surface area contributed by atoms with Gasteiger partial charge in [0, 0.05) is 5.02 Å². The molecule has 35 heavy (non-hydrogen) atoms. The smallest absolute Gasteiger partial charge is 0.339 e. The Kier molecular flexibility index (Phi) is 7.42. The van der Waals surface area contributed by atoms with Gasteiger partial charge in [-0.05, 0) is 65.4 Å². The molecule has 0 spiro atoms. The van der Waals surface area contributed by atoms with Crippen molar-refractivity contribution >= 4 is 62.3 Å². The molecule has 180 valence electrons. The molecule has 1 aliphatic rings. The van der Waals surface area contributed by atoms with Crippen molar-refractivity contribution in [2.45, 2.75) is 11.4 Å². The number of carbonyl (C=O) groups is 2. The Balaban J connectivity index is 1.59. The van der Waals surface area contributed by atoms with Crippen LogP contribution >= 0.6 is 35.0 Å². The third kappa shape index (κ3) is 5.65. The molecule has 7 nitrogen and oxygen atoms in total. The summed E-state index contributed by atoms with van der Waals surface area (Å²) in [5, 5.41) is 0.0938. The minimum Gasteiger partial charge on any atom is -0.493 e. The number of imide groups is 1. The van der Waals surface area contributed by atoms with E-state index in [1.165, 1.54) is 37.5 Å². The SMILES string of the molecule is COc1cc(/C=C2\SC(=O)N(Cc3ccc(Cl)cc3)C2=O)cc(Cl)c1OS(=O)(=O)c1ccccc1. The molecular formula is C24H17Cl2NO6S2. The highest BCUT2D eigenvalue weighted by Gasteiger charge is 2.35. The maximum atomic E-state index is 12.9. The van der Waals surface area contributed by atoms with E-state index in [1.54, 1.807) is 42.5 Å². The minimum atomic E-state index is -4.16. The zero-order valence-electron chi connectivity index (χ0n) is 18.1. The van der Waals surface area contributed by atoms with Crippen LogP contribution in [0.25, 0.3) is 6.08 Å². The average molecular weight is 550 g/mol. The molecular weight excluding hydrogens is 533 g/mol. The highest BCUT2D eigenvalue weighted by molar-refractivity contribution is 8.18. The molecule has 0 unspecified atom stereocenters. The standard InChI is InChI=1S/C24H17Cl2NO6S2/c1-32-20-12-16(11-19(26)22(20)33-35(30,31)18-5-3-2-4-6-18)13-21-23(28)27(24(29)34-21)14-15-7-9-17(25)10-8-15/h2-13H,14H2,1H3/b21-13-. The molecule has 0 radical (unpaired) electrons. The summed E-state index contributed by atoms with van der Waals surface area (Å²) in [5.41, 5.74) is 1.18. The predicted molar refractivity (Wildman–Crippen MR) is 135 cm³/mol. The number of hydrogen-bond acceptors (Lipinski definition) is 7. The fourth-order valence-electron chi connectivity index (χ4n) is 3.21. The molecule has 0 aromatic heterocycles. The van der Waals surface area contributed by atoms with Gasteiger partial charge in [-0.3, -0.25) is 14.5 Å². The molecule has 1 aliphatic heterocycles. The lowest BCUT2D eigenvalue weighted by Gasteiger charge is -2.13. The molecule has 3 aromatic carbocycles. The molecule has 3 aromatic rings. The van der Waals surface area contributed by atoms with Gasteiger partial charge in [0.05, 0.1) is 23.6 Å². The van der Waals surface area contributed by atoms with Gasteiger partial charge in [-0.25, -0.2) is 0 Å². The number of benzene rings is 3. The second kappa shape index (κ2) is 10.3. The fraction of sp³-hybridized carbons (Fsp3) is 0.0833. The van der Waals surface area contributed by atoms with Crippen molar-refractivity contribution in [2.75, 3.05) is 7.11 Å². The first kappa shape index (κ1) is 25.1. The first-order chi connectivity index (χ1) is 16.7. The number of hydrogen-bond donors (Lipinski definition) is 0. The first-order valence-electron chi connectivity index (χ1n) is 10.0. The monoisotopic (exact) mass is 549 g/mol. The number of ether oxygens (including phenoxy) is 1. The van der Waals surface area contributed by atoms with Crippen LogP contribution in [0.15, 0.2) is 76.5 Å². The number of methoxy groups -OCH3 is 1. The fourth-order valence-corrected chi connectivity index (χ4v) is 5.45. The summed E-state index contributed by atoms with van der Waals surface area (Å²) >= 11 is 13.0. The average Bonchev–Trinajstić information content (AvgIpc) is 3.09. The number of thioether (sulfide) groups is 1. The maximum Gasteiger partial charge on any atom is 0.339 e. The molecule has 2 amide bonds. The Bertz CT molecular complexity index is 1420. The van der Waals surface area contributed by atoms with E-state index in [4.69, 9.17) is 32.1 Å². The van der Waals surface area contributed by atoms with E-state index in [0.717, 1.165) is 22.2 Å². The summed E-state index contributed by atoms with van der Waals surface area (Å²) < 4.78 is 35.8. The molecule has 4 rings (SSSR count). The number of amides is 2. The van der Waals surface area contributed by atoms with E-state index >= 15 is 0 Å². The van der Waals surface area contributed by atoms with Crippen LogP contribution in [0.1, 0.15) is 11.1 Å². The molecule has 0 aliphatic carbocycles. The van der Waals surface area contributed by atoms with E-state index in [-0.39, 0.29) is 32.9 Å². The molecule has 0 atom stereocenters. The Morgan fingerprint density at radius 2 is 1.69 bits per heavy atom. The van der Waals surface area contributed by atoms with Crippen molar-refractivity contribution in [3.8, 4) is 11.5 Å². The summed E-state index contributed by atoms with van der Waals surface area (Å²) in [6.07, 6.45) is 1.48. The highest BCUT2D eigenvalue weighted by atomic mass is 35.5. The van der Waals surface area contributed by atoms with E-state index in [0.29, 0.717) is 10.6 Å². The topological polar surface area (TPSA) is 90.0 Å². The highest BCUT2D eigenvalue weighted by Crippen LogP contribution is 2.40. The van der Waals surface area contributed by atoms with Crippen molar-refractivity contribution < 1.29 is 26.9 Å². The Morgan fingerprint density at radius 1 is 1.00 bits per heavy atom. The van der Waals surface area contributed by atoms with Crippen molar-refractivity contribution in [3.63, 3.8) is 0 Å². The zero-order chi connectivity index (χ0) is 25.2. The van der Waals surface area contributed by atoms with Crippen molar-refractivity contribution in [1.82, 2.24) is 4.90 Å². The zero-order valence-corrected chi connectivity index (χ0v) is 21.2. The molecule has 0 bridgehead atoms. The quantitative estimate of drug-likeness (QED) is 0.263. The van der Waals surface area contributed by atoms with Gasteiger partial charge in [-0.2, -0.15) is 8.42 Å². The van der Waals surface area contributed by atoms with Gasteiger partial charge in [0.25, 0.3) is 11.1 Å². The maximum absolute atomic E-state index is 12.9. The summed E-state index contributed by atoms with van der Waals surface area (Å²) in [4.78, 5) is 26.6. The van der Waals surface area contributed by atoms with Gasteiger partial charge >= 0.3 is 10.1 Å². The summed E-state index contributed by atoms with van der Waals surface area (Å²) in [6, 6.07) is 17.3. The Morgan fingerprint density at radius 3 is 2.34 bits per heavy atom. The van der Waals surface area contributed by atoms with Crippen LogP contribution in [0.3, 0.4) is 0 Å². The number of halogens is 2. The van der Waals surface area contributed by atoms with Gasteiger partial charge < -0.3 is 8.92 Å². The first-order valence-corrected chi connectivity index (χ1v) is 13.0. The Labute approximate surface area is 216 Å². The second-order valence-corrected chi connectivity index (χ2v) is 10.7. The number of carbonyl (C=O) groups excluding carboxylic acids is 2. The lowest BCUT2D eigenvalue weighted by molar-refractivity contribution is -0.123. The summed E-state index contributed by atoms with van der Waals surface area (Å²) in [6.45, 7) is 0.105. The van der Waals surface area contributed by atoms with Crippen LogP contribution in [0.5, 0.6) is 11.5 Å². The van der Waals surface area contributed by atoms with E-state index in [1.807, 2.05) is 0 Å². The van der Waals surface area contributed by atoms with Crippen molar-refractivity contribution in [3.05, 3.63) is 92.8 Å². The molecule has 0 N–H and O–H groups in total.